The van der Waals surface area contributed by atoms with E-state index in [1.54, 1.807) is 6.07 Å². The van der Waals surface area contributed by atoms with E-state index in [-0.39, 0.29) is 35.5 Å². The summed E-state index contributed by atoms with van der Waals surface area (Å²) in [6.45, 7) is 4.54. The summed E-state index contributed by atoms with van der Waals surface area (Å²) >= 11 is 0. The predicted molar refractivity (Wildman–Crippen MR) is 151 cm³/mol. The van der Waals surface area contributed by atoms with E-state index in [0.717, 1.165) is 23.1 Å². The van der Waals surface area contributed by atoms with Crippen LogP contribution >= 0.6 is 0 Å². The van der Waals surface area contributed by atoms with Crippen molar-refractivity contribution in [3.63, 3.8) is 0 Å². The molecule has 4 atom stereocenters. The van der Waals surface area contributed by atoms with E-state index < -0.39 is 0 Å². The van der Waals surface area contributed by atoms with Gasteiger partial charge in [-0.05, 0) is 54.5 Å². The summed E-state index contributed by atoms with van der Waals surface area (Å²) in [4.78, 5) is 16.2. The Bertz CT molecular complexity index is 1490. The molecular weight excluding hydrogens is 469 g/mol. The number of hydrogen-bond donors (Lipinski definition) is 0. The zero-order valence-corrected chi connectivity index (χ0v) is 21.8. The van der Waals surface area contributed by atoms with Crippen LogP contribution in [-0.2, 0) is 11.3 Å². The highest BCUT2D eigenvalue weighted by atomic mass is 19.1. The smallest absolute Gasteiger partial charge is 0.227 e. The minimum atomic E-state index is -0.341. The molecule has 4 aromatic rings. The first-order chi connectivity index (χ1) is 18.5. The third kappa shape index (κ3) is 4.47. The molecule has 0 N–H and O–H groups in total. The molecule has 1 aliphatic heterocycles. The molecule has 190 valence electrons. The second-order valence-corrected chi connectivity index (χ2v) is 10.8. The topological polar surface area (TPSA) is 20.3 Å². The van der Waals surface area contributed by atoms with E-state index in [4.69, 9.17) is 0 Å². The van der Waals surface area contributed by atoms with Gasteiger partial charge in [0.15, 0.2) is 0 Å². The molecular formula is C35H32FNO. The number of carbonyl (C=O) groups is 1. The molecule has 38 heavy (non-hydrogen) atoms. The average Bonchev–Trinajstić information content (AvgIpc) is 3.22. The van der Waals surface area contributed by atoms with Gasteiger partial charge in [-0.2, -0.15) is 0 Å². The third-order valence-electron chi connectivity index (χ3n) is 8.23. The third-order valence-corrected chi connectivity index (χ3v) is 8.23. The number of benzene rings is 4. The van der Waals surface area contributed by atoms with Gasteiger partial charge < -0.3 is 4.90 Å². The Hall–Kier alpha value is -3.98. The van der Waals surface area contributed by atoms with Crippen molar-refractivity contribution in [1.29, 1.82) is 0 Å². The maximum absolute atomic E-state index is 15.3. The van der Waals surface area contributed by atoms with Gasteiger partial charge in [0.2, 0.25) is 5.91 Å². The lowest BCUT2D eigenvalue weighted by Gasteiger charge is -2.31. The van der Waals surface area contributed by atoms with Crippen molar-refractivity contribution < 1.29 is 9.18 Å². The highest BCUT2D eigenvalue weighted by molar-refractivity contribution is 5.84. The van der Waals surface area contributed by atoms with Crippen molar-refractivity contribution in [3.05, 3.63) is 143 Å². The van der Waals surface area contributed by atoms with Crippen molar-refractivity contribution in [3.8, 4) is 11.1 Å². The number of hydrogen-bond acceptors (Lipinski definition) is 1. The lowest BCUT2D eigenvalue weighted by molar-refractivity contribution is -0.133. The molecule has 3 heteroatoms. The minimum absolute atomic E-state index is 0.0408. The Labute approximate surface area is 224 Å². The molecule has 6 rings (SSSR count). The van der Waals surface area contributed by atoms with Gasteiger partial charge >= 0.3 is 0 Å². The molecule has 0 bridgehead atoms. The highest BCUT2D eigenvalue weighted by Gasteiger charge is 2.52. The first-order valence-corrected chi connectivity index (χ1v) is 13.4. The van der Waals surface area contributed by atoms with Crippen LogP contribution in [0.4, 0.5) is 4.39 Å². The summed E-state index contributed by atoms with van der Waals surface area (Å²) in [7, 11) is 0. The molecule has 2 aliphatic rings. The van der Waals surface area contributed by atoms with Crippen LogP contribution in [0.25, 0.3) is 11.1 Å². The van der Waals surface area contributed by atoms with Gasteiger partial charge in [0.25, 0.3) is 0 Å². The van der Waals surface area contributed by atoms with E-state index in [1.807, 2.05) is 48.2 Å². The van der Waals surface area contributed by atoms with Gasteiger partial charge in [-0.15, -0.1) is 0 Å². The van der Waals surface area contributed by atoms with Crippen molar-refractivity contribution in [2.75, 3.05) is 0 Å². The van der Waals surface area contributed by atoms with Crippen molar-refractivity contribution in [1.82, 2.24) is 4.90 Å². The zero-order valence-electron chi connectivity index (χ0n) is 21.8. The van der Waals surface area contributed by atoms with E-state index in [1.165, 1.54) is 22.8 Å². The molecule has 2 nitrogen and oxygen atoms in total. The number of nitrogens with zero attached hydrogens (tertiary/aromatic N) is 1. The number of fused-ring (bicyclic) bond motifs is 1. The van der Waals surface area contributed by atoms with Gasteiger partial charge in [0.05, 0.1) is 12.0 Å². The second kappa shape index (κ2) is 10.1. The first kappa shape index (κ1) is 24.4. The molecule has 1 saturated heterocycles. The van der Waals surface area contributed by atoms with E-state index in [9.17, 15) is 4.79 Å². The molecule has 0 unspecified atom stereocenters. The minimum Gasteiger partial charge on any atom is -0.330 e. The Morgan fingerprint density at radius 3 is 2.37 bits per heavy atom. The molecule has 1 aliphatic carbocycles. The molecule has 4 aromatic carbocycles. The molecule has 1 amide bonds. The van der Waals surface area contributed by atoms with Crippen molar-refractivity contribution in [2.45, 2.75) is 38.8 Å². The van der Waals surface area contributed by atoms with Crippen LogP contribution in [-0.4, -0.2) is 10.8 Å². The fourth-order valence-corrected chi connectivity index (χ4v) is 6.35. The quantitative estimate of drug-likeness (QED) is 0.253. The van der Waals surface area contributed by atoms with Crippen LogP contribution < -0.4 is 0 Å². The molecule has 0 saturated carbocycles. The summed E-state index contributed by atoms with van der Waals surface area (Å²) in [6, 6.07) is 32.1. The monoisotopic (exact) mass is 501 g/mol. The van der Waals surface area contributed by atoms with Gasteiger partial charge in [-0.3, -0.25) is 4.79 Å². The fourth-order valence-electron chi connectivity index (χ4n) is 6.35. The number of likely N-dealkylation sites (tertiary alicyclic amines) is 1. The standard InChI is InChI=1S/C35H32FNO/c1-23-14-17-26(18-15-23)27-10-6-11-28(21-27)29-12-7-13-30-33(29)35(38)37(22-25-8-4-3-5-9-25)34(30)31-20-24(2)16-19-32(31)36/h3-11,13-21,29-30,33-34H,12,22H2,1-2H3/t29-,30-,33-,34-/m1/s1. The van der Waals surface area contributed by atoms with Crippen LogP contribution in [0.1, 0.15) is 46.2 Å². The van der Waals surface area contributed by atoms with Gasteiger partial charge in [0, 0.05) is 18.0 Å². The van der Waals surface area contributed by atoms with Crippen LogP contribution in [0.5, 0.6) is 0 Å². The van der Waals surface area contributed by atoms with Crippen LogP contribution in [0.3, 0.4) is 0 Å². The van der Waals surface area contributed by atoms with E-state index in [2.05, 4.69) is 67.6 Å². The Kier molecular flexibility index (Phi) is 6.45. The average molecular weight is 502 g/mol. The molecule has 1 fully saturated rings. The normalized spacial score (nSPS) is 22.5. The summed E-state index contributed by atoms with van der Waals surface area (Å²) in [5.41, 5.74) is 7.39. The van der Waals surface area contributed by atoms with E-state index in [0.29, 0.717) is 12.1 Å². The second-order valence-electron chi connectivity index (χ2n) is 10.8. The number of amides is 1. The van der Waals surface area contributed by atoms with Gasteiger partial charge in [-0.25, -0.2) is 4.39 Å². The lowest BCUT2D eigenvalue weighted by Crippen LogP contribution is -2.31. The molecule has 1 heterocycles. The summed E-state index contributed by atoms with van der Waals surface area (Å²) in [6.07, 6.45) is 5.16. The van der Waals surface area contributed by atoms with Crippen LogP contribution in [0.15, 0.2) is 109 Å². The van der Waals surface area contributed by atoms with Gasteiger partial charge in [-0.1, -0.05) is 114 Å². The SMILES string of the molecule is Cc1ccc(-c2cccc([C@H]3CC=C[C@@H]4[C@@H]3C(=O)N(Cc3ccccc3)[C@H]4c3cc(C)ccc3F)c2)cc1. The highest BCUT2D eigenvalue weighted by Crippen LogP contribution is 2.52. The maximum Gasteiger partial charge on any atom is 0.227 e. The Morgan fingerprint density at radius 2 is 1.58 bits per heavy atom. The Morgan fingerprint density at radius 1 is 0.816 bits per heavy atom. The number of rotatable bonds is 5. The van der Waals surface area contributed by atoms with E-state index >= 15 is 4.39 Å². The molecule has 0 spiro atoms. The lowest BCUT2D eigenvalue weighted by atomic mass is 9.71. The Balaban J connectivity index is 1.41. The number of allylic oxidation sites excluding steroid dienone is 1. The van der Waals surface area contributed by atoms with Crippen LogP contribution in [0, 0.1) is 31.5 Å². The maximum atomic E-state index is 15.3. The van der Waals surface area contributed by atoms with Crippen LogP contribution in [0.2, 0.25) is 0 Å². The number of aryl methyl sites for hydroxylation is 2. The molecule has 0 radical (unpaired) electrons. The van der Waals surface area contributed by atoms with Crippen molar-refractivity contribution in [2.24, 2.45) is 11.8 Å². The number of carbonyl (C=O) groups excluding carboxylic acids is 1. The predicted octanol–water partition coefficient (Wildman–Crippen LogP) is 8.17. The molecule has 0 aromatic heterocycles. The van der Waals surface area contributed by atoms with Crippen molar-refractivity contribution >= 4 is 5.91 Å². The largest absolute Gasteiger partial charge is 0.330 e. The first-order valence-electron chi connectivity index (χ1n) is 13.4. The van der Waals surface area contributed by atoms with Gasteiger partial charge in [0.1, 0.15) is 5.82 Å². The summed E-state index contributed by atoms with van der Waals surface area (Å²) < 4.78 is 15.3. The summed E-state index contributed by atoms with van der Waals surface area (Å²) in [5.74, 6) is -0.422. The summed E-state index contributed by atoms with van der Waals surface area (Å²) in [5, 5.41) is 0. The zero-order chi connectivity index (χ0) is 26.2. The fraction of sp³-hybridized carbons (Fsp3) is 0.229. The number of halogens is 1.